The van der Waals surface area contributed by atoms with E-state index in [9.17, 15) is 9.18 Å². The molecule has 1 aromatic rings. The molecule has 0 bridgehead atoms. The number of carbonyl (C=O) groups excluding carboxylic acids is 1. The maximum absolute atomic E-state index is 13.3. The van der Waals surface area contributed by atoms with Crippen LogP contribution in [0.2, 0.25) is 0 Å². The zero-order chi connectivity index (χ0) is 14.5. The van der Waals surface area contributed by atoms with E-state index in [0.29, 0.717) is 17.9 Å². The summed E-state index contributed by atoms with van der Waals surface area (Å²) >= 11 is 0. The second kappa shape index (κ2) is 6.56. The van der Waals surface area contributed by atoms with Crippen molar-refractivity contribution in [2.75, 3.05) is 20.3 Å². The van der Waals surface area contributed by atoms with Gasteiger partial charge in [0.05, 0.1) is 13.7 Å². The number of carbonyl (C=O) groups is 1. The molecule has 110 valence electrons. The summed E-state index contributed by atoms with van der Waals surface area (Å²) in [7, 11) is 1.47. The number of aliphatic hydroxyl groups excluding tert-OH is 1. The van der Waals surface area contributed by atoms with Crippen LogP contribution in [0.1, 0.15) is 18.4 Å². The Morgan fingerprint density at radius 2 is 2.25 bits per heavy atom. The van der Waals surface area contributed by atoms with Gasteiger partial charge in [0.15, 0.2) is 0 Å². The Morgan fingerprint density at radius 1 is 1.50 bits per heavy atom. The number of halogens is 1. The molecular weight excluding hydrogens is 263 g/mol. The molecule has 1 aliphatic carbocycles. The van der Waals surface area contributed by atoms with Gasteiger partial charge in [0.2, 0.25) is 0 Å². The Morgan fingerprint density at radius 3 is 2.85 bits per heavy atom. The molecule has 0 heterocycles. The highest BCUT2D eigenvalue weighted by Crippen LogP contribution is 2.26. The number of ether oxygens (including phenoxy) is 1. The molecule has 6 heteroatoms. The van der Waals surface area contributed by atoms with E-state index in [1.165, 1.54) is 19.2 Å². The SMILES string of the molecule is COc1cc(F)cc(CNC(=O)N(CCO)C2CC2)c1. The number of urea groups is 1. The van der Waals surface area contributed by atoms with Gasteiger partial charge in [-0.1, -0.05) is 0 Å². The maximum Gasteiger partial charge on any atom is 0.317 e. The third kappa shape index (κ3) is 3.84. The van der Waals surface area contributed by atoms with Crippen molar-refractivity contribution in [3.05, 3.63) is 29.6 Å². The standard InChI is InChI=1S/C14H19FN2O3/c1-20-13-7-10(6-11(15)8-13)9-16-14(19)17(4-5-18)12-2-3-12/h6-8,12,18H,2-5,9H2,1H3,(H,16,19). The second-order valence-corrected chi connectivity index (χ2v) is 4.81. The van der Waals surface area contributed by atoms with E-state index in [1.807, 2.05) is 0 Å². The Balaban J connectivity index is 1.93. The van der Waals surface area contributed by atoms with Crippen LogP contribution in [0.5, 0.6) is 5.75 Å². The van der Waals surface area contributed by atoms with Crippen molar-refractivity contribution in [1.82, 2.24) is 10.2 Å². The summed E-state index contributed by atoms with van der Waals surface area (Å²) < 4.78 is 18.3. The van der Waals surface area contributed by atoms with Gasteiger partial charge in [-0.3, -0.25) is 0 Å². The highest BCUT2D eigenvalue weighted by molar-refractivity contribution is 5.74. The average molecular weight is 282 g/mol. The lowest BCUT2D eigenvalue weighted by Crippen LogP contribution is -2.42. The first-order chi connectivity index (χ1) is 9.63. The number of methoxy groups -OCH3 is 1. The highest BCUT2D eigenvalue weighted by Gasteiger charge is 2.31. The minimum atomic E-state index is -0.400. The highest BCUT2D eigenvalue weighted by atomic mass is 19.1. The smallest absolute Gasteiger partial charge is 0.317 e. The molecule has 1 saturated carbocycles. The van der Waals surface area contributed by atoms with Crippen LogP contribution in [0, 0.1) is 5.82 Å². The van der Waals surface area contributed by atoms with Gasteiger partial charge in [0.25, 0.3) is 0 Å². The Labute approximate surface area is 117 Å². The van der Waals surface area contributed by atoms with Gasteiger partial charge in [0.1, 0.15) is 11.6 Å². The summed E-state index contributed by atoms with van der Waals surface area (Å²) in [6.07, 6.45) is 1.95. The van der Waals surface area contributed by atoms with Gasteiger partial charge in [-0.05, 0) is 30.5 Å². The molecule has 0 atom stereocenters. The van der Waals surface area contributed by atoms with Crippen LogP contribution in [0.4, 0.5) is 9.18 Å². The van der Waals surface area contributed by atoms with Crippen LogP contribution in [-0.4, -0.2) is 42.3 Å². The first kappa shape index (κ1) is 14.6. The average Bonchev–Trinajstić information content (AvgIpc) is 3.26. The molecule has 2 amide bonds. The molecular formula is C14H19FN2O3. The van der Waals surface area contributed by atoms with Crippen molar-refractivity contribution in [3.63, 3.8) is 0 Å². The minimum Gasteiger partial charge on any atom is -0.497 e. The van der Waals surface area contributed by atoms with E-state index in [4.69, 9.17) is 9.84 Å². The molecule has 0 aromatic heterocycles. The van der Waals surface area contributed by atoms with Crippen molar-refractivity contribution in [2.45, 2.75) is 25.4 Å². The van der Waals surface area contributed by atoms with Gasteiger partial charge < -0.3 is 20.1 Å². The number of nitrogens with one attached hydrogen (secondary N) is 1. The summed E-state index contributed by atoms with van der Waals surface area (Å²) in [5, 5.41) is 11.7. The van der Waals surface area contributed by atoms with Gasteiger partial charge >= 0.3 is 6.03 Å². The lowest BCUT2D eigenvalue weighted by atomic mass is 10.2. The number of aliphatic hydroxyl groups is 1. The first-order valence-corrected chi connectivity index (χ1v) is 6.63. The fourth-order valence-electron chi connectivity index (χ4n) is 2.06. The summed E-state index contributed by atoms with van der Waals surface area (Å²) in [4.78, 5) is 13.6. The van der Waals surface area contributed by atoms with Crippen LogP contribution in [0.3, 0.4) is 0 Å². The van der Waals surface area contributed by atoms with E-state index < -0.39 is 5.82 Å². The number of hydrogen-bond donors (Lipinski definition) is 2. The fraction of sp³-hybridized carbons (Fsp3) is 0.500. The van der Waals surface area contributed by atoms with Crippen molar-refractivity contribution in [1.29, 1.82) is 0 Å². The Hall–Kier alpha value is -1.82. The first-order valence-electron chi connectivity index (χ1n) is 6.63. The summed E-state index contributed by atoms with van der Waals surface area (Å²) in [6.45, 7) is 0.488. The Kier molecular flexibility index (Phi) is 4.79. The van der Waals surface area contributed by atoms with E-state index >= 15 is 0 Å². The lowest BCUT2D eigenvalue weighted by molar-refractivity contribution is 0.173. The topological polar surface area (TPSA) is 61.8 Å². The predicted molar refractivity (Wildman–Crippen MR) is 72.0 cm³/mol. The summed E-state index contributed by atoms with van der Waals surface area (Å²) in [5.41, 5.74) is 0.634. The molecule has 2 rings (SSSR count). The summed E-state index contributed by atoms with van der Waals surface area (Å²) in [5.74, 6) is 0.0201. The number of rotatable bonds is 6. The zero-order valence-corrected chi connectivity index (χ0v) is 11.4. The lowest BCUT2D eigenvalue weighted by Gasteiger charge is -2.21. The molecule has 1 fully saturated rings. The fourth-order valence-corrected chi connectivity index (χ4v) is 2.06. The molecule has 5 nitrogen and oxygen atoms in total. The minimum absolute atomic E-state index is 0.0578. The van der Waals surface area contributed by atoms with Crippen LogP contribution >= 0.6 is 0 Å². The molecule has 1 aromatic carbocycles. The number of hydrogen-bond acceptors (Lipinski definition) is 3. The molecule has 20 heavy (non-hydrogen) atoms. The van der Waals surface area contributed by atoms with Crippen LogP contribution < -0.4 is 10.1 Å². The monoisotopic (exact) mass is 282 g/mol. The second-order valence-electron chi connectivity index (χ2n) is 4.81. The van der Waals surface area contributed by atoms with Gasteiger partial charge in [0, 0.05) is 25.2 Å². The van der Waals surface area contributed by atoms with Crippen molar-refractivity contribution in [3.8, 4) is 5.75 Å². The summed E-state index contributed by atoms with van der Waals surface area (Å²) in [6, 6.07) is 4.31. The molecule has 1 aliphatic rings. The van der Waals surface area contributed by atoms with Crippen molar-refractivity contribution in [2.24, 2.45) is 0 Å². The molecule has 0 aliphatic heterocycles. The van der Waals surface area contributed by atoms with E-state index in [1.54, 1.807) is 11.0 Å². The molecule has 0 radical (unpaired) electrons. The van der Waals surface area contributed by atoms with E-state index in [2.05, 4.69) is 5.32 Å². The van der Waals surface area contributed by atoms with Gasteiger partial charge in [-0.2, -0.15) is 0 Å². The van der Waals surface area contributed by atoms with Gasteiger partial charge in [-0.15, -0.1) is 0 Å². The molecule has 0 spiro atoms. The Bertz CT molecular complexity index is 477. The number of benzene rings is 1. The molecule has 2 N–H and O–H groups in total. The van der Waals surface area contributed by atoms with E-state index in [-0.39, 0.29) is 25.2 Å². The number of nitrogens with zero attached hydrogens (tertiary/aromatic N) is 1. The van der Waals surface area contributed by atoms with Gasteiger partial charge in [-0.25, -0.2) is 9.18 Å². The third-order valence-electron chi connectivity index (χ3n) is 3.20. The normalized spacial score (nSPS) is 13.9. The van der Waals surface area contributed by atoms with Crippen molar-refractivity contribution >= 4 is 6.03 Å². The quantitative estimate of drug-likeness (QED) is 0.831. The number of amides is 2. The predicted octanol–water partition coefficient (Wildman–Crippen LogP) is 1.50. The van der Waals surface area contributed by atoms with Crippen molar-refractivity contribution < 1.29 is 19.0 Å². The van der Waals surface area contributed by atoms with E-state index in [0.717, 1.165) is 12.8 Å². The largest absolute Gasteiger partial charge is 0.497 e. The van der Waals surface area contributed by atoms with Crippen LogP contribution in [0.25, 0.3) is 0 Å². The maximum atomic E-state index is 13.3. The third-order valence-corrected chi connectivity index (χ3v) is 3.20. The van der Waals surface area contributed by atoms with Crippen LogP contribution in [-0.2, 0) is 6.54 Å². The van der Waals surface area contributed by atoms with Crippen LogP contribution in [0.15, 0.2) is 18.2 Å². The zero-order valence-electron chi connectivity index (χ0n) is 11.4. The molecule has 0 unspecified atom stereocenters. The molecule has 0 saturated heterocycles.